The van der Waals surface area contributed by atoms with Crippen molar-refractivity contribution in [2.75, 3.05) is 32.9 Å². The van der Waals surface area contributed by atoms with Crippen LogP contribution in [-0.4, -0.2) is 54.3 Å². The summed E-state index contributed by atoms with van der Waals surface area (Å²) in [6, 6.07) is 7.77. The van der Waals surface area contributed by atoms with Crippen molar-refractivity contribution < 1.29 is 19.1 Å². The monoisotopic (exact) mass is 416 g/mol. The van der Waals surface area contributed by atoms with Crippen LogP contribution in [0, 0.1) is 6.92 Å². The molecule has 0 saturated carbocycles. The van der Waals surface area contributed by atoms with Gasteiger partial charge in [-0.1, -0.05) is 29.8 Å². The summed E-state index contributed by atoms with van der Waals surface area (Å²) in [5, 5.41) is 0. The number of benzene rings is 1. The maximum Gasteiger partial charge on any atom is 0.333 e. The van der Waals surface area contributed by atoms with Crippen LogP contribution < -0.4 is 14.8 Å². The Morgan fingerprint density at radius 3 is 2.72 bits per heavy atom. The second-order valence-corrected chi connectivity index (χ2v) is 7.71. The minimum absolute atomic E-state index is 0.123. The number of hydrogen-bond donors (Lipinski definition) is 0. The number of morpholine rings is 1. The van der Waals surface area contributed by atoms with Crippen LogP contribution in [0.25, 0.3) is 12.2 Å². The molecule has 0 spiro atoms. The van der Waals surface area contributed by atoms with Gasteiger partial charge in [-0.2, -0.15) is 0 Å². The summed E-state index contributed by atoms with van der Waals surface area (Å²) in [6.07, 6.45) is 3.05. The number of aromatic nitrogens is 1. The number of hydrogen-bond acceptors (Lipinski definition) is 6. The number of nitrogens with zero attached hydrogens (tertiary/aromatic N) is 2. The van der Waals surface area contributed by atoms with E-state index in [1.807, 2.05) is 31.2 Å². The van der Waals surface area contributed by atoms with E-state index < -0.39 is 5.97 Å². The van der Waals surface area contributed by atoms with E-state index in [2.05, 4.69) is 0 Å². The van der Waals surface area contributed by atoms with Gasteiger partial charge in [0.1, 0.15) is 11.2 Å². The molecule has 1 aromatic carbocycles. The van der Waals surface area contributed by atoms with E-state index in [4.69, 9.17) is 9.47 Å². The van der Waals surface area contributed by atoms with Crippen molar-refractivity contribution in [1.82, 2.24) is 9.47 Å². The van der Waals surface area contributed by atoms with Crippen molar-refractivity contribution in [2.45, 2.75) is 20.4 Å². The fraction of sp³-hybridized carbons (Fsp3) is 0.381. The van der Waals surface area contributed by atoms with Gasteiger partial charge in [-0.05, 0) is 25.5 Å². The summed E-state index contributed by atoms with van der Waals surface area (Å²) in [4.78, 5) is 39.3. The van der Waals surface area contributed by atoms with Gasteiger partial charge in [0.05, 0.1) is 30.4 Å². The minimum atomic E-state index is -0.538. The number of esters is 1. The molecule has 1 saturated heterocycles. The van der Waals surface area contributed by atoms with Gasteiger partial charge in [0, 0.05) is 13.1 Å². The summed E-state index contributed by atoms with van der Waals surface area (Å²) >= 11 is 1.17. The average Bonchev–Trinajstić information content (AvgIpc) is 2.97. The zero-order valence-corrected chi connectivity index (χ0v) is 17.4. The Morgan fingerprint density at radius 2 is 2.03 bits per heavy atom. The van der Waals surface area contributed by atoms with Crippen molar-refractivity contribution in [1.29, 1.82) is 0 Å². The van der Waals surface area contributed by atoms with Crippen LogP contribution >= 0.6 is 11.3 Å². The number of carbonyl (C=O) groups is 2. The van der Waals surface area contributed by atoms with Crippen LogP contribution in [-0.2, 0) is 25.6 Å². The summed E-state index contributed by atoms with van der Waals surface area (Å²) < 4.78 is 12.5. The molecule has 2 aromatic rings. The highest BCUT2D eigenvalue weighted by molar-refractivity contribution is 7.07. The van der Waals surface area contributed by atoms with E-state index in [1.165, 1.54) is 22.0 Å². The second kappa shape index (κ2) is 9.67. The van der Waals surface area contributed by atoms with Crippen molar-refractivity contribution in [2.24, 2.45) is 0 Å². The van der Waals surface area contributed by atoms with Crippen molar-refractivity contribution in [3.63, 3.8) is 0 Å². The Hall–Kier alpha value is -2.71. The van der Waals surface area contributed by atoms with Gasteiger partial charge < -0.3 is 14.4 Å². The Morgan fingerprint density at radius 1 is 1.28 bits per heavy atom. The van der Waals surface area contributed by atoms with E-state index in [0.717, 1.165) is 11.1 Å². The summed E-state index contributed by atoms with van der Waals surface area (Å²) in [6.45, 7) is 5.77. The van der Waals surface area contributed by atoms with E-state index >= 15 is 0 Å². The topological polar surface area (TPSA) is 77.8 Å². The van der Waals surface area contributed by atoms with Crippen LogP contribution in [0.15, 0.2) is 29.1 Å². The molecule has 154 valence electrons. The molecule has 0 bridgehead atoms. The molecule has 0 atom stereocenters. The van der Waals surface area contributed by atoms with Crippen molar-refractivity contribution in [3.8, 4) is 0 Å². The Bertz CT molecular complexity index is 1060. The lowest BCUT2D eigenvalue weighted by Crippen LogP contribution is -2.45. The normalized spacial score (nSPS) is 15.6. The first kappa shape index (κ1) is 21.0. The average molecular weight is 416 g/mol. The highest BCUT2D eigenvalue weighted by atomic mass is 32.1. The molecule has 29 heavy (non-hydrogen) atoms. The molecule has 1 aliphatic rings. The highest BCUT2D eigenvalue weighted by Gasteiger charge is 2.19. The van der Waals surface area contributed by atoms with Crippen LogP contribution in [0.4, 0.5) is 0 Å². The number of thiazole rings is 1. The standard InChI is InChI=1S/C21H24N2O5S/c1-3-28-20(25)13-19-23(14-18(24)22-7-9-27-10-8-22)21(26)17(29-19)12-16-6-4-5-15(2)11-16/h4-6,11-13H,3,7-10,14H2,1-2H3. The fourth-order valence-corrected chi connectivity index (χ4v) is 4.07. The molecule has 0 unspecified atom stereocenters. The number of rotatable bonds is 5. The number of ether oxygens (including phenoxy) is 2. The Kier molecular flexibility index (Phi) is 7.00. The lowest BCUT2D eigenvalue weighted by Gasteiger charge is -2.26. The van der Waals surface area contributed by atoms with Gasteiger partial charge in [-0.3, -0.25) is 14.2 Å². The molecule has 1 fully saturated rings. The first-order valence-electron chi connectivity index (χ1n) is 9.50. The molecule has 3 rings (SSSR count). The van der Waals surface area contributed by atoms with Crippen LogP contribution in [0.5, 0.6) is 0 Å². The number of amides is 1. The molecule has 0 radical (unpaired) electrons. The second-order valence-electron chi connectivity index (χ2n) is 6.64. The largest absolute Gasteiger partial charge is 0.463 e. The minimum Gasteiger partial charge on any atom is -0.463 e. The fourth-order valence-electron chi connectivity index (χ4n) is 3.04. The SMILES string of the molecule is CCOC(=O)C=c1sc(=Cc2cccc(C)c2)c(=O)n1CC(=O)N1CCOCC1. The van der Waals surface area contributed by atoms with Gasteiger partial charge in [0.2, 0.25) is 5.91 Å². The van der Waals surface area contributed by atoms with E-state index in [1.54, 1.807) is 17.9 Å². The van der Waals surface area contributed by atoms with Crippen molar-refractivity contribution in [3.05, 3.63) is 54.9 Å². The maximum atomic E-state index is 13.0. The highest BCUT2D eigenvalue weighted by Crippen LogP contribution is 2.04. The quantitative estimate of drug-likeness (QED) is 0.653. The molecule has 0 aliphatic carbocycles. The molecular formula is C21H24N2O5S. The maximum absolute atomic E-state index is 13.0. The van der Waals surface area contributed by atoms with Crippen molar-refractivity contribution >= 4 is 35.4 Å². The third kappa shape index (κ3) is 5.42. The van der Waals surface area contributed by atoms with Gasteiger partial charge in [0.25, 0.3) is 5.56 Å². The number of aryl methyl sites for hydroxylation is 1. The molecular weight excluding hydrogens is 392 g/mol. The van der Waals surface area contributed by atoms with E-state index in [0.29, 0.717) is 35.5 Å². The number of carbonyl (C=O) groups excluding carboxylic acids is 2. The van der Waals surface area contributed by atoms with Crippen LogP contribution in [0.2, 0.25) is 0 Å². The zero-order chi connectivity index (χ0) is 20.8. The molecule has 2 heterocycles. The molecule has 0 N–H and O–H groups in total. The van der Waals surface area contributed by atoms with Gasteiger partial charge >= 0.3 is 5.97 Å². The van der Waals surface area contributed by atoms with E-state index in [-0.39, 0.29) is 24.6 Å². The predicted molar refractivity (Wildman–Crippen MR) is 111 cm³/mol. The molecule has 1 amide bonds. The summed E-state index contributed by atoms with van der Waals surface area (Å²) in [7, 11) is 0. The predicted octanol–water partition coefficient (Wildman–Crippen LogP) is 0.249. The lowest BCUT2D eigenvalue weighted by molar-refractivity contribution is -0.136. The lowest BCUT2D eigenvalue weighted by atomic mass is 10.1. The smallest absolute Gasteiger partial charge is 0.333 e. The first-order valence-corrected chi connectivity index (χ1v) is 10.3. The zero-order valence-electron chi connectivity index (χ0n) is 16.6. The molecule has 1 aromatic heterocycles. The first-order chi connectivity index (χ1) is 14.0. The molecule has 7 nitrogen and oxygen atoms in total. The van der Waals surface area contributed by atoms with E-state index in [9.17, 15) is 14.4 Å². The molecule has 8 heteroatoms. The Labute approximate surface area is 172 Å². The summed E-state index contributed by atoms with van der Waals surface area (Å²) in [5.41, 5.74) is 1.67. The summed E-state index contributed by atoms with van der Waals surface area (Å²) in [5.74, 6) is -0.711. The van der Waals surface area contributed by atoms with Crippen LogP contribution in [0.1, 0.15) is 18.1 Å². The van der Waals surface area contributed by atoms with Gasteiger partial charge in [-0.15, -0.1) is 11.3 Å². The van der Waals surface area contributed by atoms with Gasteiger partial charge in [-0.25, -0.2) is 4.79 Å². The van der Waals surface area contributed by atoms with Gasteiger partial charge in [0.15, 0.2) is 0 Å². The third-order valence-electron chi connectivity index (χ3n) is 4.46. The molecule has 1 aliphatic heterocycles. The third-order valence-corrected chi connectivity index (χ3v) is 5.52. The Balaban J connectivity index is 2.02. The van der Waals surface area contributed by atoms with Crippen LogP contribution in [0.3, 0.4) is 0 Å².